The smallest absolute Gasteiger partial charge is 0.269 e. The Morgan fingerprint density at radius 2 is 1.81 bits per heavy atom. The Hall–Kier alpha value is -2.26. The topological polar surface area (TPSA) is 82.9 Å². The normalized spacial score (nSPS) is 16.8. The highest BCUT2D eigenvalue weighted by molar-refractivity contribution is 5.93. The van der Waals surface area contributed by atoms with Crippen LogP contribution in [0.2, 0.25) is 0 Å². The maximum atomic E-state index is 12.6. The molecule has 176 valence electrons. The molecular weight excluding hydrogens is 406 g/mol. The summed E-state index contributed by atoms with van der Waals surface area (Å²) in [5, 5.41) is 17.7. The lowest BCUT2D eigenvalue weighted by molar-refractivity contribution is -0.0585. The number of rotatable bonds is 9. The van der Waals surface area contributed by atoms with E-state index in [9.17, 15) is 9.90 Å². The van der Waals surface area contributed by atoms with Gasteiger partial charge >= 0.3 is 0 Å². The summed E-state index contributed by atoms with van der Waals surface area (Å²) in [5.41, 5.74) is 2.11. The second-order valence-electron chi connectivity index (χ2n) is 9.38. The number of hydrogen-bond acceptors (Lipinski definition) is 6. The first-order valence-electron chi connectivity index (χ1n) is 11.4. The third-order valence-corrected chi connectivity index (χ3v) is 5.54. The molecule has 2 N–H and O–H groups in total. The molecule has 0 radical (unpaired) electrons. The lowest BCUT2D eigenvalue weighted by Crippen LogP contribution is -2.50. The van der Waals surface area contributed by atoms with Gasteiger partial charge in [0.15, 0.2) is 0 Å². The Balaban J connectivity index is 1.37. The highest BCUT2D eigenvalue weighted by Gasteiger charge is 2.21. The average Bonchev–Trinajstić information content (AvgIpc) is 3.15. The summed E-state index contributed by atoms with van der Waals surface area (Å²) in [7, 11) is 1.79. The first kappa shape index (κ1) is 24.4. The second-order valence-corrected chi connectivity index (χ2v) is 9.38. The molecule has 8 heteroatoms. The summed E-state index contributed by atoms with van der Waals surface area (Å²) in [6, 6.07) is 11.7. The second kappa shape index (κ2) is 11.0. The zero-order valence-corrected chi connectivity index (χ0v) is 19.8. The Morgan fingerprint density at radius 1 is 1.16 bits per heavy atom. The van der Waals surface area contributed by atoms with Crippen LogP contribution < -0.4 is 5.32 Å². The molecule has 0 spiro atoms. The van der Waals surface area contributed by atoms with E-state index in [0.717, 1.165) is 44.0 Å². The van der Waals surface area contributed by atoms with Gasteiger partial charge in [-0.3, -0.25) is 19.3 Å². The molecule has 1 aliphatic heterocycles. The molecule has 2 aromatic rings. The van der Waals surface area contributed by atoms with Gasteiger partial charge in [0.25, 0.3) is 5.91 Å². The van der Waals surface area contributed by atoms with Crippen molar-refractivity contribution in [2.75, 3.05) is 52.4 Å². The number of nitrogens with zero attached hydrogens (tertiary/aromatic N) is 4. The molecule has 1 saturated heterocycles. The monoisotopic (exact) mass is 443 g/mol. The number of carbonyl (C=O) groups excluding carboxylic acids is 1. The van der Waals surface area contributed by atoms with Crippen LogP contribution in [0.1, 0.15) is 31.3 Å². The van der Waals surface area contributed by atoms with Crippen molar-refractivity contribution < 1.29 is 14.6 Å². The Kier molecular flexibility index (Phi) is 8.42. The third kappa shape index (κ3) is 7.41. The minimum atomic E-state index is -0.472. The molecule has 32 heavy (non-hydrogen) atoms. The number of amides is 1. The molecule has 0 aliphatic carbocycles. The van der Waals surface area contributed by atoms with E-state index in [0.29, 0.717) is 25.4 Å². The predicted molar refractivity (Wildman–Crippen MR) is 126 cm³/mol. The van der Waals surface area contributed by atoms with Crippen LogP contribution in [0, 0.1) is 0 Å². The lowest BCUT2D eigenvalue weighted by atomic mass is 10.1. The Morgan fingerprint density at radius 3 is 2.47 bits per heavy atom. The molecule has 1 amide bonds. The van der Waals surface area contributed by atoms with E-state index in [-0.39, 0.29) is 11.5 Å². The fraction of sp³-hybridized carbons (Fsp3) is 0.583. The van der Waals surface area contributed by atoms with Crippen molar-refractivity contribution in [3.63, 3.8) is 0 Å². The minimum Gasteiger partial charge on any atom is -0.389 e. The zero-order chi connectivity index (χ0) is 23.1. The highest BCUT2D eigenvalue weighted by Crippen LogP contribution is 2.18. The molecule has 8 nitrogen and oxygen atoms in total. The van der Waals surface area contributed by atoms with Gasteiger partial charge in [-0.05, 0) is 26.8 Å². The summed E-state index contributed by atoms with van der Waals surface area (Å²) < 4.78 is 7.30. The van der Waals surface area contributed by atoms with Crippen LogP contribution in [-0.2, 0) is 11.8 Å². The standard InChI is InChI=1S/C24H37N5O3/c1-24(2,3)32-18-20(30)17-29-14-12-28(13-15-29)11-10-25-23(31)22-16-21(26-27(22)4)19-8-6-5-7-9-19/h5-9,16,20,30H,10-15,17-18H2,1-4H3,(H,25,31)/t20-/m1/s1. The number of aliphatic hydroxyl groups excluding tert-OH is 1. The largest absolute Gasteiger partial charge is 0.389 e. The van der Waals surface area contributed by atoms with Crippen molar-refractivity contribution in [1.82, 2.24) is 24.9 Å². The summed E-state index contributed by atoms with van der Waals surface area (Å²) in [5.74, 6) is -0.109. The zero-order valence-electron chi connectivity index (χ0n) is 19.8. The number of nitrogens with one attached hydrogen (secondary N) is 1. The number of aryl methyl sites for hydroxylation is 1. The number of aliphatic hydroxyl groups is 1. The van der Waals surface area contributed by atoms with E-state index < -0.39 is 6.10 Å². The van der Waals surface area contributed by atoms with Crippen molar-refractivity contribution in [1.29, 1.82) is 0 Å². The molecule has 0 unspecified atom stereocenters. The van der Waals surface area contributed by atoms with Gasteiger partial charge in [-0.2, -0.15) is 5.10 Å². The van der Waals surface area contributed by atoms with Crippen molar-refractivity contribution in [2.24, 2.45) is 7.05 Å². The fourth-order valence-corrected chi connectivity index (χ4v) is 3.74. The van der Waals surface area contributed by atoms with Crippen LogP contribution in [0.3, 0.4) is 0 Å². The predicted octanol–water partition coefficient (Wildman–Crippen LogP) is 1.61. The minimum absolute atomic E-state index is 0.109. The summed E-state index contributed by atoms with van der Waals surface area (Å²) in [4.78, 5) is 17.2. The quantitative estimate of drug-likeness (QED) is 0.613. The van der Waals surface area contributed by atoms with Gasteiger partial charge in [0.2, 0.25) is 0 Å². The van der Waals surface area contributed by atoms with Crippen LogP contribution in [0.5, 0.6) is 0 Å². The van der Waals surface area contributed by atoms with Crippen molar-refractivity contribution in [2.45, 2.75) is 32.5 Å². The summed E-state index contributed by atoms with van der Waals surface area (Å²) in [6.07, 6.45) is -0.472. The van der Waals surface area contributed by atoms with E-state index >= 15 is 0 Å². The lowest BCUT2D eigenvalue weighted by Gasteiger charge is -2.35. The number of aromatic nitrogens is 2. The maximum Gasteiger partial charge on any atom is 0.269 e. The number of hydrogen-bond donors (Lipinski definition) is 2. The molecule has 3 rings (SSSR count). The van der Waals surface area contributed by atoms with Gasteiger partial charge in [0, 0.05) is 58.4 Å². The van der Waals surface area contributed by atoms with E-state index in [2.05, 4.69) is 20.2 Å². The van der Waals surface area contributed by atoms with Gasteiger partial charge in [-0.25, -0.2) is 0 Å². The Bertz CT molecular complexity index is 854. The Labute approximate surface area is 191 Å². The number of carbonyl (C=O) groups is 1. The first-order valence-corrected chi connectivity index (χ1v) is 11.4. The number of ether oxygens (including phenoxy) is 1. The van der Waals surface area contributed by atoms with Gasteiger partial charge in [0.1, 0.15) is 5.69 Å². The SMILES string of the molecule is Cn1nc(-c2ccccc2)cc1C(=O)NCCN1CCN(C[C@@H](O)COC(C)(C)C)CC1. The molecular formula is C24H37N5O3. The van der Waals surface area contributed by atoms with Gasteiger partial charge in [-0.1, -0.05) is 30.3 Å². The summed E-state index contributed by atoms with van der Waals surface area (Å²) >= 11 is 0. The van der Waals surface area contributed by atoms with E-state index in [4.69, 9.17) is 4.74 Å². The van der Waals surface area contributed by atoms with Crippen molar-refractivity contribution >= 4 is 5.91 Å². The number of β-amino-alcohol motifs (C(OH)–C–C–N with tert-alkyl or cyclic N) is 1. The van der Waals surface area contributed by atoms with E-state index in [1.807, 2.05) is 57.2 Å². The van der Waals surface area contributed by atoms with Crippen LogP contribution in [0.4, 0.5) is 0 Å². The molecule has 0 saturated carbocycles. The van der Waals surface area contributed by atoms with Gasteiger partial charge in [0.05, 0.1) is 24.0 Å². The van der Waals surface area contributed by atoms with E-state index in [1.165, 1.54) is 0 Å². The molecule has 1 aromatic heterocycles. The number of piperazine rings is 1. The average molecular weight is 444 g/mol. The van der Waals surface area contributed by atoms with Gasteiger partial charge < -0.3 is 15.2 Å². The van der Waals surface area contributed by atoms with Crippen LogP contribution >= 0.6 is 0 Å². The highest BCUT2D eigenvalue weighted by atomic mass is 16.5. The fourth-order valence-electron chi connectivity index (χ4n) is 3.74. The number of benzene rings is 1. The molecule has 1 atom stereocenters. The van der Waals surface area contributed by atoms with Crippen LogP contribution in [-0.4, -0.2) is 94.7 Å². The van der Waals surface area contributed by atoms with Crippen molar-refractivity contribution in [3.05, 3.63) is 42.1 Å². The molecule has 0 bridgehead atoms. The maximum absolute atomic E-state index is 12.6. The van der Waals surface area contributed by atoms with E-state index in [1.54, 1.807) is 11.7 Å². The molecule has 1 aromatic carbocycles. The molecule has 1 fully saturated rings. The molecule has 1 aliphatic rings. The van der Waals surface area contributed by atoms with Crippen molar-refractivity contribution in [3.8, 4) is 11.3 Å². The first-order chi connectivity index (χ1) is 15.2. The van der Waals surface area contributed by atoms with Gasteiger partial charge in [-0.15, -0.1) is 0 Å². The molecule has 2 heterocycles. The van der Waals surface area contributed by atoms with Crippen LogP contribution in [0.25, 0.3) is 11.3 Å². The summed E-state index contributed by atoms with van der Waals surface area (Å²) in [6.45, 7) is 12.0. The van der Waals surface area contributed by atoms with Crippen LogP contribution in [0.15, 0.2) is 36.4 Å². The third-order valence-electron chi connectivity index (χ3n) is 5.54.